The van der Waals surface area contributed by atoms with Crippen LogP contribution in [-0.4, -0.2) is 31.4 Å². The number of hydrogen-bond acceptors (Lipinski definition) is 6. The molecule has 3 rings (SSSR count). The molecule has 0 aliphatic rings. The van der Waals surface area contributed by atoms with Gasteiger partial charge in [-0.05, 0) is 35.9 Å². The summed E-state index contributed by atoms with van der Waals surface area (Å²) in [5.74, 6) is -0.00439. The van der Waals surface area contributed by atoms with E-state index in [2.05, 4.69) is 20.0 Å². The number of nitrogens with zero attached hydrogens (tertiary/aromatic N) is 2. The Bertz CT molecular complexity index is 1110. The number of anilines is 2. The number of benzene rings is 2. The fourth-order valence-electron chi connectivity index (χ4n) is 2.34. The van der Waals surface area contributed by atoms with Crippen molar-refractivity contribution in [3.8, 4) is 5.88 Å². The van der Waals surface area contributed by atoms with E-state index in [0.29, 0.717) is 5.69 Å². The average molecular weight is 410 g/mol. The first-order valence-electron chi connectivity index (χ1n) is 8.49. The van der Waals surface area contributed by atoms with Gasteiger partial charge in [0, 0.05) is 17.8 Å². The monoisotopic (exact) mass is 410 g/mol. The van der Waals surface area contributed by atoms with Crippen LogP contribution in [0.2, 0.25) is 0 Å². The molecule has 0 bridgehead atoms. The Morgan fingerprint density at radius 1 is 1.03 bits per heavy atom. The van der Waals surface area contributed by atoms with Crippen LogP contribution in [0.15, 0.2) is 78.0 Å². The predicted molar refractivity (Wildman–Crippen MR) is 110 cm³/mol. The molecule has 0 unspecified atom stereocenters. The van der Waals surface area contributed by atoms with E-state index in [9.17, 15) is 13.2 Å². The van der Waals surface area contributed by atoms with Crippen molar-refractivity contribution in [2.24, 2.45) is 0 Å². The maximum atomic E-state index is 12.5. The van der Waals surface area contributed by atoms with Gasteiger partial charge >= 0.3 is 0 Å². The van der Waals surface area contributed by atoms with Crippen LogP contribution in [0.3, 0.4) is 0 Å². The molecule has 1 aromatic heterocycles. The molecule has 0 radical (unpaired) electrons. The minimum atomic E-state index is -3.85. The van der Waals surface area contributed by atoms with E-state index in [1.165, 1.54) is 49.8 Å². The molecule has 1 amide bonds. The van der Waals surface area contributed by atoms with E-state index in [1.807, 2.05) is 30.3 Å². The van der Waals surface area contributed by atoms with Crippen LogP contribution in [0.5, 0.6) is 5.88 Å². The van der Waals surface area contributed by atoms with Crippen LogP contribution in [0, 0.1) is 0 Å². The van der Waals surface area contributed by atoms with Gasteiger partial charge in [-0.15, -0.1) is 0 Å². The minimum Gasteiger partial charge on any atom is -0.481 e. The molecular weight excluding hydrogens is 392 g/mol. The van der Waals surface area contributed by atoms with Crippen molar-refractivity contribution in [1.82, 2.24) is 9.97 Å². The topological polar surface area (TPSA) is 110 Å². The van der Waals surface area contributed by atoms with Crippen LogP contribution < -0.4 is 14.8 Å². The SMILES string of the molecule is COc1cc(NS(=O)(=O)c2ccc(NC(=O)/C=C/c3ccccc3)cc2)ncn1. The molecular formula is C20H18N4O4S. The average Bonchev–Trinajstić information content (AvgIpc) is 2.73. The van der Waals surface area contributed by atoms with Crippen molar-refractivity contribution in [2.45, 2.75) is 4.90 Å². The lowest BCUT2D eigenvalue weighted by Gasteiger charge is -2.09. The predicted octanol–water partition coefficient (Wildman–Crippen LogP) is 2.94. The van der Waals surface area contributed by atoms with Crippen molar-refractivity contribution in [3.05, 3.63) is 78.6 Å². The van der Waals surface area contributed by atoms with Gasteiger partial charge in [-0.2, -0.15) is 0 Å². The van der Waals surface area contributed by atoms with Gasteiger partial charge in [0.2, 0.25) is 11.8 Å². The summed E-state index contributed by atoms with van der Waals surface area (Å²) in [4.78, 5) is 19.7. The molecule has 1 heterocycles. The molecule has 3 aromatic rings. The number of carbonyl (C=O) groups excluding carboxylic acids is 1. The maximum Gasteiger partial charge on any atom is 0.263 e. The first-order valence-corrected chi connectivity index (χ1v) is 9.97. The molecule has 0 aliphatic carbocycles. The van der Waals surface area contributed by atoms with Crippen LogP contribution in [0.4, 0.5) is 11.5 Å². The van der Waals surface area contributed by atoms with Gasteiger partial charge in [-0.25, -0.2) is 18.4 Å². The van der Waals surface area contributed by atoms with Crippen LogP contribution in [0.1, 0.15) is 5.56 Å². The smallest absolute Gasteiger partial charge is 0.263 e. The Balaban J connectivity index is 1.65. The van der Waals surface area contributed by atoms with Gasteiger partial charge in [0.1, 0.15) is 12.1 Å². The van der Waals surface area contributed by atoms with Crippen LogP contribution >= 0.6 is 0 Å². The summed E-state index contributed by atoms with van der Waals surface area (Å²) in [6.07, 6.45) is 4.29. The third-order valence-corrected chi connectivity index (χ3v) is 5.12. The lowest BCUT2D eigenvalue weighted by atomic mass is 10.2. The molecule has 0 atom stereocenters. The number of hydrogen-bond donors (Lipinski definition) is 2. The zero-order chi connectivity index (χ0) is 20.7. The first kappa shape index (κ1) is 20.0. The number of rotatable bonds is 7. The second-order valence-electron chi connectivity index (χ2n) is 5.81. The van der Waals surface area contributed by atoms with Gasteiger partial charge in [-0.1, -0.05) is 30.3 Å². The normalized spacial score (nSPS) is 11.2. The molecule has 0 spiro atoms. The third-order valence-electron chi connectivity index (χ3n) is 3.75. The second kappa shape index (κ2) is 8.98. The number of amides is 1. The molecule has 0 saturated heterocycles. The van der Waals surface area contributed by atoms with Crippen LogP contribution in [-0.2, 0) is 14.8 Å². The van der Waals surface area contributed by atoms with Crippen molar-refractivity contribution in [3.63, 3.8) is 0 Å². The summed E-state index contributed by atoms with van der Waals surface area (Å²) >= 11 is 0. The highest BCUT2D eigenvalue weighted by molar-refractivity contribution is 7.92. The summed E-state index contributed by atoms with van der Waals surface area (Å²) in [7, 11) is -2.43. The van der Waals surface area contributed by atoms with Gasteiger partial charge in [0.05, 0.1) is 12.0 Å². The highest BCUT2D eigenvalue weighted by Crippen LogP contribution is 2.18. The first-order chi connectivity index (χ1) is 14.0. The van der Waals surface area contributed by atoms with Gasteiger partial charge in [0.25, 0.3) is 10.0 Å². The molecule has 9 heteroatoms. The van der Waals surface area contributed by atoms with Crippen molar-refractivity contribution in [1.29, 1.82) is 0 Å². The van der Waals surface area contributed by atoms with Gasteiger partial charge in [-0.3, -0.25) is 9.52 Å². The van der Waals surface area contributed by atoms with Gasteiger partial charge < -0.3 is 10.1 Å². The summed E-state index contributed by atoms with van der Waals surface area (Å²) in [6, 6.07) is 16.5. The molecule has 148 valence electrons. The second-order valence-corrected chi connectivity index (χ2v) is 7.49. The zero-order valence-electron chi connectivity index (χ0n) is 15.4. The summed E-state index contributed by atoms with van der Waals surface area (Å²) in [5, 5.41) is 2.68. The summed E-state index contributed by atoms with van der Waals surface area (Å²) in [5.41, 5.74) is 1.37. The highest BCUT2D eigenvalue weighted by atomic mass is 32.2. The lowest BCUT2D eigenvalue weighted by Crippen LogP contribution is -2.14. The quantitative estimate of drug-likeness (QED) is 0.580. The Hall–Kier alpha value is -3.72. The number of carbonyl (C=O) groups is 1. The van der Waals surface area contributed by atoms with Crippen molar-refractivity contribution in [2.75, 3.05) is 17.1 Å². The Morgan fingerprint density at radius 2 is 1.76 bits per heavy atom. The number of nitrogens with one attached hydrogen (secondary N) is 2. The Labute approximate surface area is 168 Å². The van der Waals surface area contributed by atoms with E-state index in [0.717, 1.165) is 5.56 Å². The van der Waals surface area contributed by atoms with Crippen molar-refractivity contribution < 1.29 is 17.9 Å². The van der Waals surface area contributed by atoms with E-state index in [4.69, 9.17) is 4.74 Å². The highest BCUT2D eigenvalue weighted by Gasteiger charge is 2.15. The zero-order valence-corrected chi connectivity index (χ0v) is 16.3. The van der Waals surface area contributed by atoms with E-state index in [1.54, 1.807) is 6.08 Å². The van der Waals surface area contributed by atoms with E-state index < -0.39 is 10.0 Å². The summed E-state index contributed by atoms with van der Waals surface area (Å²) in [6.45, 7) is 0. The molecule has 0 aliphatic heterocycles. The fraction of sp³-hybridized carbons (Fsp3) is 0.0500. The maximum absolute atomic E-state index is 12.5. The molecule has 0 saturated carbocycles. The fourth-order valence-corrected chi connectivity index (χ4v) is 3.34. The van der Waals surface area contributed by atoms with Gasteiger partial charge in [0.15, 0.2) is 0 Å². The van der Waals surface area contributed by atoms with Crippen LogP contribution in [0.25, 0.3) is 6.08 Å². The number of methoxy groups -OCH3 is 1. The largest absolute Gasteiger partial charge is 0.481 e. The molecule has 29 heavy (non-hydrogen) atoms. The third kappa shape index (κ3) is 5.63. The molecule has 0 fully saturated rings. The Kier molecular flexibility index (Phi) is 6.20. The summed E-state index contributed by atoms with van der Waals surface area (Å²) < 4.78 is 32.3. The minimum absolute atomic E-state index is 0.0212. The van der Waals surface area contributed by atoms with E-state index >= 15 is 0 Å². The standard InChI is InChI=1S/C20H18N4O4S/c1-28-20-13-18(21-14-22-20)24-29(26,27)17-10-8-16(9-11-17)23-19(25)12-7-15-5-3-2-4-6-15/h2-14H,1H3,(H,23,25)(H,21,22,24)/b12-7+. The number of aromatic nitrogens is 2. The molecule has 2 aromatic carbocycles. The molecule has 8 nitrogen and oxygen atoms in total. The number of sulfonamides is 1. The lowest BCUT2D eigenvalue weighted by molar-refractivity contribution is -0.111. The molecule has 2 N–H and O–H groups in total. The van der Waals surface area contributed by atoms with Crippen molar-refractivity contribution >= 4 is 33.5 Å². The Morgan fingerprint density at radius 3 is 2.45 bits per heavy atom. The van der Waals surface area contributed by atoms with E-state index in [-0.39, 0.29) is 22.5 Å². The number of ether oxygens (including phenoxy) is 1.